The highest BCUT2D eigenvalue weighted by atomic mass is 16.5. The fourth-order valence-corrected chi connectivity index (χ4v) is 1.52. The zero-order valence-corrected chi connectivity index (χ0v) is 12.2. The molecule has 110 valence electrons. The number of ether oxygens (including phenoxy) is 1. The Morgan fingerprint density at radius 1 is 1.19 bits per heavy atom. The predicted octanol–water partition coefficient (Wildman–Crippen LogP) is 2.04. The smallest absolute Gasteiger partial charge is 0.338 e. The van der Waals surface area contributed by atoms with Crippen molar-refractivity contribution in [1.29, 1.82) is 0 Å². The number of benzene rings is 1. The van der Waals surface area contributed by atoms with E-state index in [0.717, 1.165) is 5.69 Å². The van der Waals surface area contributed by atoms with Gasteiger partial charge in [0.1, 0.15) is 12.7 Å². The minimum Gasteiger partial charge on any atom is -0.454 e. The summed E-state index contributed by atoms with van der Waals surface area (Å²) in [5.74, 6) is -0.632. The van der Waals surface area contributed by atoms with E-state index in [2.05, 4.69) is 10.1 Å². The molecule has 6 nitrogen and oxygen atoms in total. The fourth-order valence-electron chi connectivity index (χ4n) is 1.52. The Morgan fingerprint density at radius 2 is 1.86 bits per heavy atom. The van der Waals surface area contributed by atoms with Gasteiger partial charge in [-0.25, -0.2) is 14.5 Å². The minimum atomic E-state index is -0.517. The van der Waals surface area contributed by atoms with Gasteiger partial charge in [0.15, 0.2) is 12.4 Å². The van der Waals surface area contributed by atoms with Crippen LogP contribution < -0.4 is 0 Å². The van der Waals surface area contributed by atoms with Gasteiger partial charge in [-0.1, -0.05) is 20.8 Å². The van der Waals surface area contributed by atoms with Crippen LogP contribution in [-0.4, -0.2) is 33.1 Å². The third-order valence-corrected chi connectivity index (χ3v) is 2.96. The number of carbonyl (C=O) groups excluding carboxylic acids is 2. The SMILES string of the molecule is CC(C)(C)C(=O)COC(=O)c1ccc(-n2cncn2)cc1. The van der Waals surface area contributed by atoms with Gasteiger partial charge in [-0.05, 0) is 24.3 Å². The Bertz CT molecular complexity index is 625. The van der Waals surface area contributed by atoms with Crippen LogP contribution in [0.15, 0.2) is 36.9 Å². The molecular formula is C15H17N3O3. The number of hydrogen-bond acceptors (Lipinski definition) is 5. The summed E-state index contributed by atoms with van der Waals surface area (Å²) in [5.41, 5.74) is 0.660. The highest BCUT2D eigenvalue weighted by Gasteiger charge is 2.22. The van der Waals surface area contributed by atoms with Gasteiger partial charge in [0.2, 0.25) is 0 Å². The Hall–Kier alpha value is -2.50. The number of nitrogens with zero attached hydrogens (tertiary/aromatic N) is 3. The third kappa shape index (κ3) is 3.75. The van der Waals surface area contributed by atoms with Crippen LogP contribution in [0.1, 0.15) is 31.1 Å². The standard InChI is InChI=1S/C15H17N3O3/c1-15(2,3)13(19)8-21-14(20)11-4-6-12(7-5-11)18-10-16-9-17-18/h4-7,9-10H,8H2,1-3H3. The molecule has 0 atom stereocenters. The molecule has 0 spiro atoms. The van der Waals surface area contributed by atoms with Crippen LogP contribution in [-0.2, 0) is 9.53 Å². The van der Waals surface area contributed by atoms with Gasteiger partial charge in [0.05, 0.1) is 11.3 Å². The molecule has 1 aromatic carbocycles. The molecule has 2 aromatic rings. The number of rotatable bonds is 4. The second kappa shape index (κ2) is 5.87. The molecule has 0 saturated carbocycles. The second-order valence-electron chi connectivity index (χ2n) is 5.64. The van der Waals surface area contributed by atoms with Gasteiger partial charge >= 0.3 is 5.97 Å². The number of ketones is 1. The molecule has 0 amide bonds. The molecule has 6 heteroatoms. The average molecular weight is 287 g/mol. The molecule has 0 radical (unpaired) electrons. The minimum absolute atomic E-state index is 0.116. The molecule has 0 bridgehead atoms. The lowest BCUT2D eigenvalue weighted by atomic mass is 9.91. The van der Waals surface area contributed by atoms with Crippen molar-refractivity contribution in [2.45, 2.75) is 20.8 Å². The van der Waals surface area contributed by atoms with Crippen LogP contribution in [0.3, 0.4) is 0 Å². The summed E-state index contributed by atoms with van der Waals surface area (Å²) in [6, 6.07) is 6.72. The summed E-state index contributed by atoms with van der Waals surface area (Å²) in [4.78, 5) is 27.4. The van der Waals surface area contributed by atoms with E-state index in [9.17, 15) is 9.59 Å². The molecular weight excluding hydrogens is 270 g/mol. The lowest BCUT2D eigenvalue weighted by Crippen LogP contribution is -2.26. The normalized spacial score (nSPS) is 11.2. The predicted molar refractivity (Wildman–Crippen MR) is 76.1 cm³/mol. The maximum atomic E-state index is 11.9. The van der Waals surface area contributed by atoms with Gasteiger partial charge in [-0.15, -0.1) is 0 Å². The molecule has 0 fully saturated rings. The fraction of sp³-hybridized carbons (Fsp3) is 0.333. The van der Waals surface area contributed by atoms with Crippen molar-refractivity contribution in [2.24, 2.45) is 5.41 Å². The van der Waals surface area contributed by atoms with Gasteiger partial charge in [-0.3, -0.25) is 4.79 Å². The molecule has 2 rings (SSSR count). The Balaban J connectivity index is 1.99. The Labute approximate surface area is 122 Å². The number of esters is 1. The van der Waals surface area contributed by atoms with Crippen molar-refractivity contribution in [2.75, 3.05) is 6.61 Å². The lowest BCUT2D eigenvalue weighted by molar-refractivity contribution is -0.129. The van der Waals surface area contributed by atoms with Crippen molar-refractivity contribution in [3.8, 4) is 5.69 Å². The summed E-state index contributed by atoms with van der Waals surface area (Å²) in [6.07, 6.45) is 3.00. The highest BCUT2D eigenvalue weighted by molar-refractivity contribution is 5.92. The molecule has 21 heavy (non-hydrogen) atoms. The first-order valence-electron chi connectivity index (χ1n) is 6.53. The molecule has 0 N–H and O–H groups in total. The van der Waals surface area contributed by atoms with Crippen molar-refractivity contribution < 1.29 is 14.3 Å². The molecule has 0 aliphatic carbocycles. The average Bonchev–Trinajstić information content (AvgIpc) is 2.97. The molecule has 0 aliphatic heterocycles. The number of Topliss-reactive ketones (excluding diaryl/α,β-unsaturated/α-hetero) is 1. The number of hydrogen-bond donors (Lipinski definition) is 0. The van der Waals surface area contributed by atoms with Gasteiger partial charge < -0.3 is 4.74 Å². The van der Waals surface area contributed by atoms with E-state index in [1.807, 2.05) is 0 Å². The lowest BCUT2D eigenvalue weighted by Gasteiger charge is -2.16. The first-order valence-corrected chi connectivity index (χ1v) is 6.53. The topological polar surface area (TPSA) is 74.1 Å². The molecule has 0 saturated heterocycles. The molecule has 1 heterocycles. The second-order valence-corrected chi connectivity index (χ2v) is 5.64. The number of carbonyl (C=O) groups is 2. The van der Waals surface area contributed by atoms with E-state index in [4.69, 9.17) is 4.74 Å². The van der Waals surface area contributed by atoms with E-state index in [1.54, 1.807) is 56.0 Å². The Morgan fingerprint density at radius 3 is 2.38 bits per heavy atom. The van der Waals surface area contributed by atoms with Crippen LogP contribution in [0.5, 0.6) is 0 Å². The van der Waals surface area contributed by atoms with Crippen LogP contribution in [0.2, 0.25) is 0 Å². The first kappa shape index (κ1) is 14.9. The van der Waals surface area contributed by atoms with E-state index in [0.29, 0.717) is 5.56 Å². The molecule has 0 aliphatic rings. The van der Waals surface area contributed by atoms with Gasteiger partial charge in [0.25, 0.3) is 0 Å². The van der Waals surface area contributed by atoms with E-state index >= 15 is 0 Å². The first-order chi connectivity index (χ1) is 9.88. The van der Waals surface area contributed by atoms with Crippen LogP contribution in [0.25, 0.3) is 5.69 Å². The summed E-state index contributed by atoms with van der Waals surface area (Å²) < 4.78 is 6.61. The van der Waals surface area contributed by atoms with Crippen molar-refractivity contribution >= 4 is 11.8 Å². The largest absolute Gasteiger partial charge is 0.454 e. The van der Waals surface area contributed by atoms with E-state index in [-0.39, 0.29) is 12.4 Å². The van der Waals surface area contributed by atoms with Crippen molar-refractivity contribution in [1.82, 2.24) is 14.8 Å². The van der Waals surface area contributed by atoms with Gasteiger partial charge in [-0.2, -0.15) is 5.10 Å². The zero-order valence-electron chi connectivity index (χ0n) is 12.2. The summed E-state index contributed by atoms with van der Waals surface area (Å²) in [7, 11) is 0. The van der Waals surface area contributed by atoms with E-state index in [1.165, 1.54) is 6.33 Å². The van der Waals surface area contributed by atoms with Crippen LogP contribution in [0.4, 0.5) is 0 Å². The van der Waals surface area contributed by atoms with Crippen LogP contribution in [0, 0.1) is 5.41 Å². The van der Waals surface area contributed by atoms with Crippen LogP contribution >= 0.6 is 0 Å². The maximum absolute atomic E-state index is 11.9. The summed E-state index contributed by atoms with van der Waals surface area (Å²) in [6.45, 7) is 5.15. The van der Waals surface area contributed by atoms with Gasteiger partial charge in [0, 0.05) is 5.41 Å². The quantitative estimate of drug-likeness (QED) is 0.804. The molecule has 0 unspecified atom stereocenters. The summed E-state index contributed by atoms with van der Waals surface area (Å²) >= 11 is 0. The number of aromatic nitrogens is 3. The monoisotopic (exact) mass is 287 g/mol. The Kier molecular flexibility index (Phi) is 4.16. The van der Waals surface area contributed by atoms with Crippen molar-refractivity contribution in [3.05, 3.63) is 42.5 Å². The maximum Gasteiger partial charge on any atom is 0.338 e. The van der Waals surface area contributed by atoms with Crippen molar-refractivity contribution in [3.63, 3.8) is 0 Å². The highest BCUT2D eigenvalue weighted by Crippen LogP contribution is 2.15. The molecule has 1 aromatic heterocycles. The van der Waals surface area contributed by atoms with E-state index < -0.39 is 11.4 Å². The zero-order chi connectivity index (χ0) is 15.5. The third-order valence-electron chi connectivity index (χ3n) is 2.96. The summed E-state index contributed by atoms with van der Waals surface area (Å²) in [5, 5.41) is 3.99.